The molecule has 204 valence electrons. The lowest BCUT2D eigenvalue weighted by molar-refractivity contribution is -0.158. The van der Waals surface area contributed by atoms with Crippen LogP contribution < -0.4 is 0 Å². The molecule has 0 bridgehead atoms. The van der Waals surface area contributed by atoms with Gasteiger partial charge < -0.3 is 19.5 Å². The van der Waals surface area contributed by atoms with Crippen LogP contribution in [0.3, 0.4) is 0 Å². The van der Waals surface area contributed by atoms with Gasteiger partial charge in [0.15, 0.2) is 21.7 Å². The first-order chi connectivity index (χ1) is 16.7. The number of rotatable bonds is 12. The molecule has 0 spiro atoms. The van der Waals surface area contributed by atoms with E-state index in [2.05, 4.69) is 0 Å². The summed E-state index contributed by atoms with van der Waals surface area (Å²) in [6, 6.07) is 0.306. The second kappa shape index (κ2) is 12.1. The lowest BCUT2D eigenvalue weighted by Crippen LogP contribution is -2.49. The van der Waals surface area contributed by atoms with Crippen LogP contribution in [0.4, 0.5) is 0 Å². The number of nitrogens with zero attached hydrogens (tertiary/aromatic N) is 2. The van der Waals surface area contributed by atoms with E-state index in [1.165, 1.54) is 29.3 Å². The van der Waals surface area contributed by atoms with Gasteiger partial charge in [-0.3, -0.25) is 14.4 Å². The summed E-state index contributed by atoms with van der Waals surface area (Å²) < 4.78 is 63.2. The number of thiophene rings is 1. The summed E-state index contributed by atoms with van der Waals surface area (Å²) in [7, 11) is -6.90. The van der Waals surface area contributed by atoms with Crippen LogP contribution in [0.15, 0.2) is 14.5 Å². The Morgan fingerprint density at radius 1 is 1.31 bits per heavy atom. The summed E-state index contributed by atoms with van der Waals surface area (Å²) in [5.74, 6) is -3.15. The largest absolute Gasteiger partial charge is 0.453 e. The normalized spacial score (nSPS) is 19.2. The van der Waals surface area contributed by atoms with Crippen molar-refractivity contribution in [3.05, 3.63) is 11.6 Å². The molecule has 1 amide bonds. The van der Waals surface area contributed by atoms with Crippen LogP contribution in [-0.2, 0) is 43.7 Å². The number of hydrogen-bond acceptors (Lipinski definition) is 11. The topological polar surface area (TPSA) is 165 Å². The molecule has 0 saturated carbocycles. The highest BCUT2D eigenvalue weighted by Gasteiger charge is 2.44. The van der Waals surface area contributed by atoms with Crippen molar-refractivity contribution >= 4 is 48.9 Å². The van der Waals surface area contributed by atoms with Gasteiger partial charge in [-0.15, -0.1) is 11.3 Å². The second-order valence-electron chi connectivity index (χ2n) is 8.31. The average molecular weight is 569 g/mol. The molecule has 1 N–H and O–H groups in total. The lowest BCUT2D eigenvalue weighted by atomic mass is 10.1. The molecule has 1 aliphatic rings. The van der Waals surface area contributed by atoms with Crippen LogP contribution in [0.5, 0.6) is 0 Å². The highest BCUT2D eigenvalue weighted by atomic mass is 32.3. The highest BCUT2D eigenvalue weighted by molar-refractivity contribution is 7.95. The first-order valence-corrected chi connectivity index (χ1v) is 15.1. The standard InChI is InChI=1S/C21H32N2O10S3/c1-6-23(20(27)14(3)33-15(4)25)17-11-22(8-7-9-32-5)36(30,31)21-16(17)10-19(34-21)35(28,29)12-18(26)13(2)24/h10,13-14,17,24H,6-9,11-12H2,1-5H3/t13-,14-,17-/m0/s1. The van der Waals surface area contributed by atoms with E-state index in [1.54, 1.807) is 6.92 Å². The molecule has 1 aromatic rings. The number of ether oxygens (including phenoxy) is 2. The average Bonchev–Trinajstić information content (AvgIpc) is 3.24. The van der Waals surface area contributed by atoms with Crippen LogP contribution in [0.25, 0.3) is 0 Å². The minimum Gasteiger partial charge on any atom is -0.453 e. The van der Waals surface area contributed by atoms with Crippen molar-refractivity contribution in [3.8, 4) is 0 Å². The molecule has 15 heteroatoms. The van der Waals surface area contributed by atoms with E-state index in [-0.39, 0.29) is 40.2 Å². The van der Waals surface area contributed by atoms with Crippen LogP contribution >= 0.6 is 11.3 Å². The number of aliphatic hydroxyl groups is 1. The molecule has 36 heavy (non-hydrogen) atoms. The maximum Gasteiger partial charge on any atom is 0.303 e. The lowest BCUT2D eigenvalue weighted by Gasteiger charge is -2.39. The number of Topliss-reactive ketones (excluding diaryl/α,β-unsaturated/α-hetero) is 1. The number of likely N-dealkylation sites (N-methyl/N-ethyl adjacent to an activating group) is 1. The Bertz CT molecular complexity index is 1190. The molecular weight excluding hydrogens is 536 g/mol. The molecule has 3 atom stereocenters. The monoisotopic (exact) mass is 568 g/mol. The number of carbonyl (C=O) groups is 3. The predicted molar refractivity (Wildman–Crippen MR) is 130 cm³/mol. The Kier molecular flexibility index (Phi) is 10.2. The third kappa shape index (κ3) is 6.69. The number of sulfonamides is 1. The maximum absolute atomic E-state index is 13.4. The Balaban J connectivity index is 2.61. The van der Waals surface area contributed by atoms with E-state index in [9.17, 15) is 36.3 Å². The zero-order chi connectivity index (χ0) is 27.4. The van der Waals surface area contributed by atoms with E-state index in [0.29, 0.717) is 17.8 Å². The van der Waals surface area contributed by atoms with Crippen molar-refractivity contribution < 1.29 is 45.8 Å². The van der Waals surface area contributed by atoms with Crippen LogP contribution in [0.1, 0.15) is 45.7 Å². The number of methoxy groups -OCH3 is 1. The molecule has 0 unspecified atom stereocenters. The van der Waals surface area contributed by atoms with Gasteiger partial charge in [-0.25, -0.2) is 16.8 Å². The van der Waals surface area contributed by atoms with Gasteiger partial charge in [-0.2, -0.15) is 4.31 Å². The number of aliphatic hydroxyl groups excluding tert-OH is 1. The van der Waals surface area contributed by atoms with Gasteiger partial charge in [0.1, 0.15) is 20.3 Å². The molecule has 1 aliphatic heterocycles. The van der Waals surface area contributed by atoms with Gasteiger partial charge in [-0.1, -0.05) is 0 Å². The van der Waals surface area contributed by atoms with Crippen molar-refractivity contribution in [1.82, 2.24) is 9.21 Å². The first kappa shape index (κ1) is 30.3. The molecule has 2 rings (SSSR count). The Labute approximate surface area is 215 Å². The van der Waals surface area contributed by atoms with Gasteiger partial charge >= 0.3 is 5.97 Å². The van der Waals surface area contributed by atoms with Crippen molar-refractivity contribution in [2.24, 2.45) is 0 Å². The van der Waals surface area contributed by atoms with E-state index in [4.69, 9.17) is 9.47 Å². The van der Waals surface area contributed by atoms with Crippen molar-refractivity contribution in [1.29, 1.82) is 0 Å². The molecule has 0 radical (unpaired) electrons. The minimum atomic E-state index is -4.26. The van der Waals surface area contributed by atoms with Gasteiger partial charge in [-0.05, 0) is 33.3 Å². The zero-order valence-electron chi connectivity index (χ0n) is 20.8. The van der Waals surface area contributed by atoms with Gasteiger partial charge in [0, 0.05) is 45.8 Å². The second-order valence-corrected chi connectivity index (χ2v) is 13.7. The number of ketones is 1. The smallest absolute Gasteiger partial charge is 0.303 e. The molecule has 1 aromatic heterocycles. The summed E-state index contributed by atoms with van der Waals surface area (Å²) in [6.07, 6.45) is -2.28. The number of hydrogen-bond donors (Lipinski definition) is 1. The fourth-order valence-corrected chi connectivity index (χ4v) is 9.04. The first-order valence-electron chi connectivity index (χ1n) is 11.2. The Morgan fingerprint density at radius 2 is 1.94 bits per heavy atom. The molecular formula is C21H32N2O10S3. The van der Waals surface area contributed by atoms with E-state index in [0.717, 1.165) is 13.8 Å². The van der Waals surface area contributed by atoms with Gasteiger partial charge in [0.05, 0.1) is 6.04 Å². The minimum absolute atomic E-state index is 0.0673. The van der Waals surface area contributed by atoms with E-state index in [1.807, 2.05) is 0 Å². The van der Waals surface area contributed by atoms with Crippen LogP contribution in [-0.4, -0.2) is 100 Å². The number of esters is 1. The summed E-state index contributed by atoms with van der Waals surface area (Å²) >= 11 is 0.502. The Hall–Kier alpha value is -1.91. The van der Waals surface area contributed by atoms with E-state index < -0.39 is 61.5 Å². The molecule has 2 heterocycles. The Morgan fingerprint density at radius 3 is 2.47 bits per heavy atom. The summed E-state index contributed by atoms with van der Waals surface area (Å²) in [5, 5.41) is 9.43. The van der Waals surface area contributed by atoms with Crippen molar-refractivity contribution in [2.75, 3.05) is 39.1 Å². The van der Waals surface area contributed by atoms with Crippen LogP contribution in [0, 0.1) is 0 Å². The van der Waals surface area contributed by atoms with Gasteiger partial charge in [0.25, 0.3) is 15.9 Å². The number of sulfone groups is 1. The zero-order valence-corrected chi connectivity index (χ0v) is 23.2. The molecule has 0 aliphatic carbocycles. The fraction of sp³-hybridized carbons (Fsp3) is 0.667. The third-order valence-electron chi connectivity index (χ3n) is 5.56. The fourth-order valence-electron chi connectivity index (χ4n) is 3.76. The molecule has 12 nitrogen and oxygen atoms in total. The number of carbonyl (C=O) groups excluding carboxylic acids is 3. The quantitative estimate of drug-likeness (QED) is 0.275. The predicted octanol–water partition coefficient (Wildman–Crippen LogP) is 0.354. The third-order valence-corrected chi connectivity index (χ3v) is 11.3. The molecule has 0 saturated heterocycles. The van der Waals surface area contributed by atoms with E-state index >= 15 is 0 Å². The summed E-state index contributed by atoms with van der Waals surface area (Å²) in [5.41, 5.74) is 0.108. The molecule has 0 fully saturated rings. The summed E-state index contributed by atoms with van der Waals surface area (Å²) in [4.78, 5) is 37.8. The van der Waals surface area contributed by atoms with Crippen molar-refractivity contribution in [2.45, 2.75) is 60.8 Å². The molecule has 0 aromatic carbocycles. The SMILES string of the molecule is CCN(C(=O)[C@H](C)OC(C)=O)[C@H]1CN(CCCOC)S(=O)(=O)c2sc(S(=O)(=O)CC(=O)[C@H](C)O)cc21. The summed E-state index contributed by atoms with van der Waals surface area (Å²) in [6.45, 7) is 5.70. The maximum atomic E-state index is 13.4. The number of fused-ring (bicyclic) bond motifs is 1. The highest BCUT2D eigenvalue weighted by Crippen LogP contribution is 2.43. The van der Waals surface area contributed by atoms with Crippen LogP contribution in [0.2, 0.25) is 0 Å². The van der Waals surface area contributed by atoms with Gasteiger partial charge in [0.2, 0.25) is 0 Å². The number of amides is 1. The van der Waals surface area contributed by atoms with Crippen molar-refractivity contribution in [3.63, 3.8) is 0 Å².